The van der Waals surface area contributed by atoms with Crippen LogP contribution < -0.4 is 4.74 Å². The number of rotatable bonds is 14. The summed E-state index contributed by atoms with van der Waals surface area (Å²) in [5.41, 5.74) is 1.44. The minimum Gasteiger partial charge on any atom is -0.494 e. The molecule has 0 N–H and O–H groups in total. The second-order valence-electron chi connectivity index (χ2n) is 8.47. The van der Waals surface area contributed by atoms with Crippen molar-refractivity contribution in [2.75, 3.05) is 6.61 Å². The third-order valence-corrected chi connectivity index (χ3v) is 9.46. The molecule has 2 rings (SSSR count). The highest BCUT2D eigenvalue weighted by atomic mass is 32.1. The largest absolute Gasteiger partial charge is 0.494 e. The molecular weight excluding hydrogens is 471 g/mol. The van der Waals surface area contributed by atoms with E-state index in [4.69, 9.17) is 41.4 Å². The minimum absolute atomic E-state index is 0.532. The lowest BCUT2D eigenvalue weighted by atomic mass is 9.77. The van der Waals surface area contributed by atoms with Crippen LogP contribution in [0.4, 0.5) is 0 Å². The molecule has 0 unspecified atom stereocenters. The molecule has 1 aromatic rings. The number of benzene rings is 1. The molecule has 0 saturated heterocycles. The Morgan fingerprint density at radius 2 is 1.50 bits per heavy atom. The lowest BCUT2D eigenvalue weighted by Gasteiger charge is -2.29. The molecule has 0 aliphatic heterocycles. The van der Waals surface area contributed by atoms with Crippen molar-refractivity contribution in [3.63, 3.8) is 0 Å². The van der Waals surface area contributed by atoms with Crippen molar-refractivity contribution in [2.24, 2.45) is 19.9 Å². The topological polar surface area (TPSA) is 46.3 Å². The molecule has 1 fully saturated rings. The molecule has 32 heavy (non-hydrogen) atoms. The first-order valence-electron chi connectivity index (χ1n) is 11.7. The van der Waals surface area contributed by atoms with E-state index < -0.39 is 8.56 Å². The number of nitrogens with zero attached hydrogens (tertiary/aromatic N) is 3. The zero-order chi connectivity index (χ0) is 23.1. The van der Waals surface area contributed by atoms with Gasteiger partial charge in [-0.3, -0.25) is 0 Å². The molecular formula is C24H33N3OS3Si. The van der Waals surface area contributed by atoms with Gasteiger partial charge in [0, 0.05) is 6.04 Å². The highest BCUT2D eigenvalue weighted by Crippen LogP contribution is 2.38. The monoisotopic (exact) mass is 503 g/mol. The zero-order valence-electron chi connectivity index (χ0n) is 18.9. The van der Waals surface area contributed by atoms with Crippen LogP contribution in [0.5, 0.6) is 5.75 Å². The summed E-state index contributed by atoms with van der Waals surface area (Å²) in [7, 11) is -2.83. The van der Waals surface area contributed by atoms with Gasteiger partial charge in [0.15, 0.2) is 0 Å². The summed E-state index contributed by atoms with van der Waals surface area (Å²) in [5, 5.41) is 7.08. The van der Waals surface area contributed by atoms with Crippen molar-refractivity contribution in [3.05, 3.63) is 29.8 Å². The molecule has 0 atom stereocenters. The van der Waals surface area contributed by atoms with Crippen LogP contribution >= 0.6 is 36.7 Å². The molecule has 1 aliphatic rings. The molecule has 1 aromatic carbocycles. The fraction of sp³-hybridized carbons (Fsp3) is 0.625. The Labute approximate surface area is 209 Å². The van der Waals surface area contributed by atoms with Crippen molar-refractivity contribution in [3.8, 4) is 5.75 Å². The summed E-state index contributed by atoms with van der Waals surface area (Å²) in [6.07, 6.45) is 13.0. The summed E-state index contributed by atoms with van der Waals surface area (Å²) in [6, 6.07) is 9.18. The van der Waals surface area contributed by atoms with Crippen LogP contribution in [0.3, 0.4) is 0 Å². The van der Waals surface area contributed by atoms with Gasteiger partial charge in [-0.15, -0.1) is 0 Å². The molecule has 1 saturated carbocycles. The van der Waals surface area contributed by atoms with Gasteiger partial charge in [-0.1, -0.05) is 51.2 Å². The third kappa shape index (κ3) is 9.25. The van der Waals surface area contributed by atoms with Gasteiger partial charge in [0.05, 0.1) is 22.1 Å². The van der Waals surface area contributed by atoms with Crippen LogP contribution in [0.15, 0.2) is 38.2 Å². The predicted octanol–water partition coefficient (Wildman–Crippen LogP) is 7.95. The van der Waals surface area contributed by atoms with Gasteiger partial charge in [-0.2, -0.15) is 0 Å². The summed E-state index contributed by atoms with van der Waals surface area (Å²) in [6.45, 7) is 2.81. The molecule has 0 aromatic heterocycles. The van der Waals surface area contributed by atoms with E-state index in [2.05, 4.69) is 60.6 Å². The zero-order valence-corrected chi connectivity index (χ0v) is 22.4. The fourth-order valence-corrected chi connectivity index (χ4v) is 7.30. The average molecular weight is 504 g/mol. The molecule has 0 bridgehead atoms. The summed E-state index contributed by atoms with van der Waals surface area (Å²) < 4.78 is 18.3. The van der Waals surface area contributed by atoms with Gasteiger partial charge in [0.2, 0.25) is 0 Å². The van der Waals surface area contributed by atoms with Crippen molar-refractivity contribution in [1.29, 1.82) is 0 Å². The average Bonchev–Trinajstić information content (AvgIpc) is 2.81. The number of unbranched alkanes of at least 4 members (excludes halogenated alkanes) is 3. The number of isothiocyanates is 3. The maximum Gasteiger partial charge on any atom is 0.461 e. The maximum atomic E-state index is 5.92. The van der Waals surface area contributed by atoms with Crippen molar-refractivity contribution < 1.29 is 4.74 Å². The van der Waals surface area contributed by atoms with E-state index in [1.807, 2.05) is 0 Å². The van der Waals surface area contributed by atoms with Crippen LogP contribution in [0.2, 0.25) is 6.04 Å². The van der Waals surface area contributed by atoms with E-state index in [0.717, 1.165) is 11.7 Å². The standard InChI is InChI=1S/C24H33N3OS3Si/c1-2-3-4-5-7-21-8-10-22(11-9-21)23-12-14-24(15-13-23)28-16-6-17-32(25-18-29,26-19-30)27-20-31/h12-15,21-22H,2-11,16-17H2,1H3. The Kier molecular flexibility index (Phi) is 13.0. The van der Waals surface area contributed by atoms with Gasteiger partial charge in [-0.25, -0.2) is 14.0 Å². The van der Waals surface area contributed by atoms with Gasteiger partial charge in [-0.05, 0) is 98.3 Å². The third-order valence-electron chi connectivity index (χ3n) is 6.26. The van der Waals surface area contributed by atoms with Gasteiger partial charge in [0.25, 0.3) is 0 Å². The predicted molar refractivity (Wildman–Crippen MR) is 146 cm³/mol. The summed E-state index contributed by atoms with van der Waals surface area (Å²) >= 11 is 14.2. The number of thiocarbonyl (C=S) groups is 3. The second kappa shape index (κ2) is 15.5. The Balaban J connectivity index is 1.77. The summed E-state index contributed by atoms with van der Waals surface area (Å²) in [5.74, 6) is 2.50. The van der Waals surface area contributed by atoms with Crippen molar-refractivity contribution in [1.82, 2.24) is 0 Å². The number of hydrogen-bond donors (Lipinski definition) is 0. The SMILES string of the molecule is CCCCCCC1CCC(c2ccc(OCCC[Si](N=C=S)(N=C=S)N=C=S)cc2)CC1. The van der Waals surface area contributed by atoms with Crippen molar-refractivity contribution in [2.45, 2.75) is 83.1 Å². The van der Waals surface area contributed by atoms with Crippen LogP contribution in [-0.4, -0.2) is 30.6 Å². The van der Waals surface area contributed by atoms with Gasteiger partial charge >= 0.3 is 8.56 Å². The van der Waals surface area contributed by atoms with Gasteiger partial charge < -0.3 is 4.74 Å². The molecule has 172 valence electrons. The highest BCUT2D eigenvalue weighted by molar-refractivity contribution is 7.78. The van der Waals surface area contributed by atoms with Crippen LogP contribution in [0, 0.1) is 5.92 Å². The first kappa shape index (κ1) is 26.9. The normalized spacial score (nSPS) is 19.5. The molecule has 8 heteroatoms. The molecule has 1 aliphatic carbocycles. The lowest BCUT2D eigenvalue weighted by molar-refractivity contribution is 0.301. The van der Waals surface area contributed by atoms with E-state index in [0.29, 0.717) is 25.0 Å². The van der Waals surface area contributed by atoms with E-state index in [1.54, 1.807) is 0 Å². The van der Waals surface area contributed by atoms with Crippen LogP contribution in [0.1, 0.15) is 82.6 Å². The molecule has 0 amide bonds. The second-order valence-corrected chi connectivity index (χ2v) is 11.7. The smallest absolute Gasteiger partial charge is 0.461 e. The van der Waals surface area contributed by atoms with E-state index in [-0.39, 0.29) is 0 Å². The lowest BCUT2D eigenvalue weighted by Crippen LogP contribution is -2.28. The minimum atomic E-state index is -2.83. The Hall–Kier alpha value is -1.36. The fourth-order valence-electron chi connectivity index (χ4n) is 4.44. The number of ether oxygens (including phenoxy) is 1. The molecule has 0 heterocycles. The Morgan fingerprint density at radius 3 is 2.06 bits per heavy atom. The molecule has 0 radical (unpaired) electrons. The highest BCUT2D eigenvalue weighted by Gasteiger charge is 2.34. The number of hydrogen-bond acceptors (Lipinski definition) is 7. The van der Waals surface area contributed by atoms with Crippen LogP contribution in [-0.2, 0) is 0 Å². The Bertz CT molecular complexity index is 791. The summed E-state index contributed by atoms with van der Waals surface area (Å²) in [4.78, 5) is 0. The van der Waals surface area contributed by atoms with Crippen molar-refractivity contribution >= 4 is 60.7 Å². The quantitative estimate of drug-likeness (QED) is 0.112. The first-order chi connectivity index (χ1) is 15.7. The Morgan fingerprint density at radius 1 is 0.875 bits per heavy atom. The van der Waals surface area contributed by atoms with E-state index >= 15 is 0 Å². The van der Waals surface area contributed by atoms with E-state index in [1.165, 1.54) is 63.4 Å². The molecule has 0 spiro atoms. The van der Waals surface area contributed by atoms with Gasteiger partial charge in [0.1, 0.15) is 5.75 Å². The van der Waals surface area contributed by atoms with Crippen LogP contribution in [0.25, 0.3) is 0 Å². The molecule has 4 nitrogen and oxygen atoms in total. The maximum absolute atomic E-state index is 5.92. The van der Waals surface area contributed by atoms with E-state index in [9.17, 15) is 0 Å². The first-order valence-corrected chi connectivity index (χ1v) is 14.9.